The Morgan fingerprint density at radius 3 is 1.34 bits per heavy atom. The van der Waals surface area contributed by atoms with Crippen molar-refractivity contribution in [1.29, 1.82) is 0 Å². The van der Waals surface area contributed by atoms with Crippen LogP contribution in [-0.4, -0.2) is 29.5 Å². The van der Waals surface area contributed by atoms with Gasteiger partial charge in [0.15, 0.2) is 5.75 Å². The normalized spacial score (nSPS) is 10.5. The highest BCUT2D eigenvalue weighted by molar-refractivity contribution is 5.91. The number of hydrogen-bond donors (Lipinski definition) is 0. The maximum Gasteiger partial charge on any atom is 0.325 e. The maximum absolute atomic E-state index is 12.1. The fourth-order valence-electron chi connectivity index (χ4n) is 4.07. The lowest BCUT2D eigenvalue weighted by atomic mass is 10.1. The zero-order valence-electron chi connectivity index (χ0n) is 21.4. The molecule has 0 spiro atoms. The number of hydrogen-bond acceptors (Lipinski definition) is 14. The number of non-ortho nitro benzene ring substituents is 2. The van der Waals surface area contributed by atoms with Crippen LogP contribution in [0.5, 0.6) is 11.5 Å². The van der Waals surface area contributed by atoms with Crippen molar-refractivity contribution in [2.75, 3.05) is 4.90 Å². The van der Waals surface area contributed by atoms with Crippen LogP contribution in [0.3, 0.4) is 0 Å². The molecule has 0 radical (unpaired) electrons. The molecule has 222 valence electrons. The minimum absolute atomic E-state index is 0.00342. The minimum Gasteiger partial charge on any atom is -0.442 e. The van der Waals surface area contributed by atoms with Crippen LogP contribution in [0.4, 0.5) is 51.2 Å². The van der Waals surface area contributed by atoms with E-state index in [1.807, 2.05) is 0 Å². The molecular weight excluding hydrogens is 594 g/mol. The highest BCUT2D eigenvalue weighted by Crippen LogP contribution is 2.51. The number of para-hydroxylation sites is 3. The van der Waals surface area contributed by atoms with Gasteiger partial charge in [-0.25, -0.2) is 0 Å². The molecule has 0 N–H and O–H groups in total. The molecule has 20 heteroatoms. The SMILES string of the molecule is O=[N+]([O-])c1cc([N+](=O)[O-])c(Oc2ccccc2N(c2ccccc2)c2c([N+](=O)[O-])cc([N+](=O)[O-])cc2[N+](=O)[O-])c([N+](=O)[O-])c1. The zero-order chi connectivity index (χ0) is 32.3. The van der Waals surface area contributed by atoms with Gasteiger partial charge < -0.3 is 4.74 Å². The van der Waals surface area contributed by atoms with Crippen molar-refractivity contribution in [3.05, 3.63) is 140 Å². The van der Waals surface area contributed by atoms with Gasteiger partial charge in [-0.3, -0.25) is 65.6 Å². The number of ether oxygens (including phenoxy) is 1. The van der Waals surface area contributed by atoms with Gasteiger partial charge >= 0.3 is 22.7 Å². The van der Waals surface area contributed by atoms with Gasteiger partial charge in [0.1, 0.15) is 0 Å². The van der Waals surface area contributed by atoms with Gasteiger partial charge in [-0.05, 0) is 24.3 Å². The van der Waals surface area contributed by atoms with Crippen LogP contribution in [0.25, 0.3) is 0 Å². The van der Waals surface area contributed by atoms with Crippen molar-refractivity contribution in [2.24, 2.45) is 0 Å². The van der Waals surface area contributed by atoms with E-state index in [2.05, 4.69) is 0 Å². The number of nitrogens with zero attached hydrogens (tertiary/aromatic N) is 7. The molecule has 44 heavy (non-hydrogen) atoms. The highest BCUT2D eigenvalue weighted by Gasteiger charge is 2.38. The molecule has 0 saturated carbocycles. The first-order valence-corrected chi connectivity index (χ1v) is 11.7. The predicted molar refractivity (Wildman–Crippen MR) is 148 cm³/mol. The average molecular weight is 607 g/mol. The summed E-state index contributed by atoms with van der Waals surface area (Å²) in [6.07, 6.45) is 0. The largest absolute Gasteiger partial charge is 0.442 e. The zero-order valence-corrected chi connectivity index (χ0v) is 21.4. The third-order valence-corrected chi connectivity index (χ3v) is 5.85. The Balaban J connectivity index is 2.09. The fourth-order valence-corrected chi connectivity index (χ4v) is 4.07. The van der Waals surface area contributed by atoms with E-state index in [0.29, 0.717) is 24.3 Å². The standard InChI is InChI=1S/C24H13N7O13/c32-26(33)15-10-18(28(36)37)23(19(11-15)29(38)39)25(14-6-2-1-3-7-14)17-8-4-5-9-22(17)44-24-20(30(40)41)12-16(27(34)35)13-21(24)31(42)43/h1-13H. The molecule has 20 nitrogen and oxygen atoms in total. The quantitative estimate of drug-likeness (QED) is 0.132. The molecule has 0 aliphatic rings. The van der Waals surface area contributed by atoms with Gasteiger partial charge in [-0.15, -0.1) is 0 Å². The fraction of sp³-hybridized carbons (Fsp3) is 0. The summed E-state index contributed by atoms with van der Waals surface area (Å²) < 4.78 is 5.62. The van der Waals surface area contributed by atoms with E-state index in [4.69, 9.17) is 4.74 Å². The lowest BCUT2D eigenvalue weighted by Crippen LogP contribution is -2.15. The third kappa shape index (κ3) is 5.69. The summed E-state index contributed by atoms with van der Waals surface area (Å²) >= 11 is 0. The predicted octanol–water partition coefficient (Wildman–Crippen LogP) is 6.40. The van der Waals surface area contributed by atoms with Gasteiger partial charge in [-0.1, -0.05) is 30.3 Å². The average Bonchev–Trinajstić information content (AvgIpc) is 2.97. The maximum atomic E-state index is 12.1. The van der Waals surface area contributed by atoms with E-state index in [9.17, 15) is 60.7 Å². The number of nitro benzene ring substituents is 6. The van der Waals surface area contributed by atoms with Crippen molar-refractivity contribution in [3.63, 3.8) is 0 Å². The molecule has 0 heterocycles. The first kappa shape index (κ1) is 29.9. The van der Waals surface area contributed by atoms with Crippen LogP contribution < -0.4 is 9.64 Å². The van der Waals surface area contributed by atoms with E-state index in [-0.39, 0.29) is 11.4 Å². The molecule has 0 aliphatic carbocycles. The second-order valence-electron chi connectivity index (χ2n) is 8.43. The molecule has 4 aromatic rings. The van der Waals surface area contributed by atoms with Gasteiger partial charge in [-0.2, -0.15) is 0 Å². The van der Waals surface area contributed by atoms with Crippen LogP contribution in [0.15, 0.2) is 78.9 Å². The second kappa shape index (κ2) is 11.8. The molecule has 0 atom stereocenters. The summed E-state index contributed by atoms with van der Waals surface area (Å²) in [6, 6.07) is 13.9. The van der Waals surface area contributed by atoms with Gasteiger partial charge in [0, 0.05) is 5.69 Å². The monoisotopic (exact) mass is 607 g/mol. The molecule has 0 saturated heterocycles. The summed E-state index contributed by atoms with van der Waals surface area (Å²) in [5.74, 6) is -1.54. The number of nitro groups is 6. The van der Waals surface area contributed by atoms with E-state index in [1.165, 1.54) is 48.5 Å². The Morgan fingerprint density at radius 1 is 0.500 bits per heavy atom. The smallest absolute Gasteiger partial charge is 0.325 e. The molecule has 0 aliphatic heterocycles. The van der Waals surface area contributed by atoms with Gasteiger partial charge in [0.05, 0.1) is 59.5 Å². The summed E-state index contributed by atoms with van der Waals surface area (Å²) in [5.41, 5.74) is -7.60. The van der Waals surface area contributed by atoms with Crippen LogP contribution in [0, 0.1) is 60.7 Å². The second-order valence-corrected chi connectivity index (χ2v) is 8.43. The third-order valence-electron chi connectivity index (χ3n) is 5.85. The van der Waals surface area contributed by atoms with Gasteiger partial charge in [0.2, 0.25) is 5.69 Å². The summed E-state index contributed by atoms with van der Waals surface area (Å²) in [5, 5.41) is 70.6. The Hall–Kier alpha value is -7.12. The molecule has 4 aromatic carbocycles. The van der Waals surface area contributed by atoms with Gasteiger partial charge in [0.25, 0.3) is 17.1 Å². The van der Waals surface area contributed by atoms with Crippen molar-refractivity contribution in [3.8, 4) is 11.5 Å². The molecule has 0 bridgehead atoms. The lowest BCUT2D eigenvalue weighted by Gasteiger charge is -2.26. The van der Waals surface area contributed by atoms with E-state index < -0.39 is 80.9 Å². The van der Waals surface area contributed by atoms with Crippen LogP contribution in [0.2, 0.25) is 0 Å². The van der Waals surface area contributed by atoms with Crippen molar-refractivity contribution >= 4 is 51.2 Å². The first-order chi connectivity index (χ1) is 20.8. The van der Waals surface area contributed by atoms with Crippen molar-refractivity contribution < 1.29 is 34.3 Å². The topological polar surface area (TPSA) is 271 Å². The summed E-state index contributed by atoms with van der Waals surface area (Å²) in [4.78, 5) is 64.8. The molecule has 0 amide bonds. The van der Waals surface area contributed by atoms with Crippen LogP contribution in [0.1, 0.15) is 0 Å². The van der Waals surface area contributed by atoms with Crippen molar-refractivity contribution in [1.82, 2.24) is 0 Å². The summed E-state index contributed by atoms with van der Waals surface area (Å²) in [6.45, 7) is 0. The van der Waals surface area contributed by atoms with E-state index in [1.54, 1.807) is 0 Å². The minimum atomic E-state index is -1.18. The molecular formula is C24H13N7O13. The Labute approximate surface area is 241 Å². The van der Waals surface area contributed by atoms with E-state index in [0.717, 1.165) is 11.0 Å². The highest BCUT2D eigenvalue weighted by atomic mass is 16.7. The Morgan fingerprint density at radius 2 is 0.909 bits per heavy atom. The number of benzene rings is 4. The molecule has 4 rings (SSSR count). The summed E-state index contributed by atoms with van der Waals surface area (Å²) in [7, 11) is 0. The number of anilines is 3. The van der Waals surface area contributed by atoms with Crippen LogP contribution in [-0.2, 0) is 0 Å². The van der Waals surface area contributed by atoms with Crippen LogP contribution >= 0.6 is 0 Å². The molecule has 0 fully saturated rings. The number of rotatable bonds is 11. The Kier molecular flexibility index (Phi) is 7.99. The Bertz CT molecular complexity index is 1810. The molecule has 0 unspecified atom stereocenters. The van der Waals surface area contributed by atoms with E-state index >= 15 is 0 Å². The van der Waals surface area contributed by atoms with Crippen molar-refractivity contribution in [2.45, 2.75) is 0 Å². The molecule has 0 aromatic heterocycles. The lowest BCUT2D eigenvalue weighted by molar-refractivity contribution is -0.404. The first-order valence-electron chi connectivity index (χ1n) is 11.7.